The van der Waals surface area contributed by atoms with Crippen molar-refractivity contribution in [3.8, 4) is 0 Å². The largest absolute Gasteiger partial charge is 0.390 e. The van der Waals surface area contributed by atoms with Crippen LogP contribution in [-0.4, -0.2) is 24.2 Å². The second-order valence-corrected chi connectivity index (χ2v) is 6.34. The summed E-state index contributed by atoms with van der Waals surface area (Å²) in [6, 6.07) is 4.28. The standard InChI is InChI=1S/C17H22F4N2O/c1-11(24)22-14-6-8-15(9-7-14)23-16(10-17(19,20)21)12-2-4-13(18)5-3-12/h2-5,14-16,23H,6-10H2,1H3,(H,22,24). The van der Waals surface area contributed by atoms with E-state index in [1.165, 1.54) is 31.2 Å². The van der Waals surface area contributed by atoms with Crippen LogP contribution >= 0.6 is 0 Å². The Bertz CT molecular complexity index is 537. The highest BCUT2D eigenvalue weighted by Gasteiger charge is 2.34. The SMILES string of the molecule is CC(=O)NC1CCC(NC(CC(F)(F)F)c2ccc(F)cc2)CC1. The third kappa shape index (κ3) is 6.11. The van der Waals surface area contributed by atoms with Crippen molar-refractivity contribution < 1.29 is 22.4 Å². The van der Waals surface area contributed by atoms with E-state index in [4.69, 9.17) is 0 Å². The minimum atomic E-state index is -4.31. The smallest absolute Gasteiger partial charge is 0.354 e. The van der Waals surface area contributed by atoms with Gasteiger partial charge in [0, 0.05) is 25.0 Å². The van der Waals surface area contributed by atoms with E-state index in [9.17, 15) is 22.4 Å². The average molecular weight is 346 g/mol. The number of carbonyl (C=O) groups is 1. The van der Waals surface area contributed by atoms with Gasteiger partial charge in [-0.1, -0.05) is 12.1 Å². The number of amides is 1. The van der Waals surface area contributed by atoms with Crippen LogP contribution in [0.3, 0.4) is 0 Å². The van der Waals surface area contributed by atoms with E-state index in [-0.39, 0.29) is 18.0 Å². The molecular formula is C17H22F4N2O. The molecule has 0 bridgehead atoms. The topological polar surface area (TPSA) is 41.1 Å². The molecule has 134 valence electrons. The number of rotatable bonds is 5. The molecule has 2 rings (SSSR count). The van der Waals surface area contributed by atoms with Gasteiger partial charge in [0.15, 0.2) is 0 Å². The second-order valence-electron chi connectivity index (χ2n) is 6.34. The Morgan fingerprint density at radius 2 is 1.67 bits per heavy atom. The van der Waals surface area contributed by atoms with Crippen molar-refractivity contribution >= 4 is 5.91 Å². The summed E-state index contributed by atoms with van der Waals surface area (Å²) >= 11 is 0. The minimum absolute atomic E-state index is 0.0487. The van der Waals surface area contributed by atoms with E-state index in [0.29, 0.717) is 18.4 Å². The predicted octanol–water partition coefficient (Wildman–Crippen LogP) is 3.86. The number of benzene rings is 1. The van der Waals surface area contributed by atoms with Crippen molar-refractivity contribution in [1.29, 1.82) is 0 Å². The highest BCUT2D eigenvalue weighted by molar-refractivity contribution is 5.73. The third-order valence-corrected chi connectivity index (χ3v) is 4.28. The number of halogens is 4. The van der Waals surface area contributed by atoms with Crippen LogP contribution in [0.5, 0.6) is 0 Å². The van der Waals surface area contributed by atoms with Gasteiger partial charge >= 0.3 is 6.18 Å². The van der Waals surface area contributed by atoms with E-state index in [1.54, 1.807) is 0 Å². The molecule has 0 aliphatic heterocycles. The summed E-state index contributed by atoms with van der Waals surface area (Å²) in [5.41, 5.74) is 0.428. The van der Waals surface area contributed by atoms with Crippen molar-refractivity contribution in [2.24, 2.45) is 0 Å². The van der Waals surface area contributed by atoms with Gasteiger partial charge < -0.3 is 10.6 Å². The van der Waals surface area contributed by atoms with Gasteiger partial charge in [-0.25, -0.2) is 4.39 Å². The zero-order valence-corrected chi connectivity index (χ0v) is 13.5. The van der Waals surface area contributed by atoms with E-state index in [2.05, 4.69) is 10.6 Å². The number of hydrogen-bond acceptors (Lipinski definition) is 2. The lowest BCUT2D eigenvalue weighted by atomic mass is 9.89. The first-order valence-electron chi connectivity index (χ1n) is 8.08. The maximum atomic E-state index is 13.0. The molecule has 24 heavy (non-hydrogen) atoms. The lowest BCUT2D eigenvalue weighted by Crippen LogP contribution is -2.43. The zero-order chi connectivity index (χ0) is 17.7. The number of carbonyl (C=O) groups excluding carboxylic acids is 1. The first-order valence-corrected chi connectivity index (χ1v) is 8.08. The molecule has 0 aromatic heterocycles. The van der Waals surface area contributed by atoms with Crippen LogP contribution in [-0.2, 0) is 4.79 Å². The van der Waals surface area contributed by atoms with Crippen LogP contribution in [0.4, 0.5) is 17.6 Å². The summed E-state index contributed by atoms with van der Waals surface area (Å²) in [6.45, 7) is 1.46. The molecule has 7 heteroatoms. The summed E-state index contributed by atoms with van der Waals surface area (Å²) in [6.07, 6.45) is -2.44. The molecule has 1 aromatic carbocycles. The maximum absolute atomic E-state index is 13.0. The van der Waals surface area contributed by atoms with Crippen LogP contribution in [0.1, 0.15) is 50.6 Å². The van der Waals surface area contributed by atoms with Crippen LogP contribution < -0.4 is 10.6 Å². The van der Waals surface area contributed by atoms with Crippen LogP contribution in [0.2, 0.25) is 0 Å². The highest BCUT2D eigenvalue weighted by atomic mass is 19.4. The van der Waals surface area contributed by atoms with Crippen LogP contribution in [0.15, 0.2) is 24.3 Å². The quantitative estimate of drug-likeness (QED) is 0.795. The monoisotopic (exact) mass is 346 g/mol. The van der Waals surface area contributed by atoms with Gasteiger partial charge in [0.1, 0.15) is 5.82 Å². The summed E-state index contributed by atoms with van der Waals surface area (Å²) in [4.78, 5) is 11.1. The van der Waals surface area contributed by atoms with Gasteiger partial charge in [0.05, 0.1) is 6.42 Å². The maximum Gasteiger partial charge on any atom is 0.390 e. The molecule has 0 saturated heterocycles. The summed E-state index contributed by atoms with van der Waals surface area (Å²) in [5.74, 6) is -0.562. The third-order valence-electron chi connectivity index (χ3n) is 4.28. The van der Waals surface area contributed by atoms with Crippen molar-refractivity contribution in [3.63, 3.8) is 0 Å². The van der Waals surface area contributed by atoms with E-state index in [1.807, 2.05) is 0 Å². The van der Waals surface area contributed by atoms with Gasteiger partial charge in [-0.05, 0) is 43.4 Å². The van der Waals surface area contributed by atoms with Gasteiger partial charge in [-0.15, -0.1) is 0 Å². The molecule has 0 radical (unpaired) electrons. The summed E-state index contributed by atoms with van der Waals surface area (Å²) in [7, 11) is 0. The van der Waals surface area contributed by atoms with E-state index in [0.717, 1.165) is 12.8 Å². The molecule has 0 heterocycles. The minimum Gasteiger partial charge on any atom is -0.354 e. The molecule has 3 nitrogen and oxygen atoms in total. The van der Waals surface area contributed by atoms with Gasteiger partial charge in [0.2, 0.25) is 5.91 Å². The first-order chi connectivity index (χ1) is 11.2. The second kappa shape index (κ2) is 7.96. The average Bonchev–Trinajstić information content (AvgIpc) is 2.47. The lowest BCUT2D eigenvalue weighted by Gasteiger charge is -2.33. The molecule has 1 aromatic rings. The Morgan fingerprint density at radius 1 is 1.12 bits per heavy atom. The van der Waals surface area contributed by atoms with Gasteiger partial charge in [-0.2, -0.15) is 13.2 Å². The normalized spacial score (nSPS) is 22.9. The van der Waals surface area contributed by atoms with E-state index >= 15 is 0 Å². The Kier molecular flexibility index (Phi) is 6.21. The highest BCUT2D eigenvalue weighted by Crippen LogP contribution is 2.31. The number of alkyl halides is 3. The van der Waals surface area contributed by atoms with Crippen molar-refractivity contribution in [3.05, 3.63) is 35.6 Å². The van der Waals surface area contributed by atoms with Gasteiger partial charge in [0.25, 0.3) is 0 Å². The number of hydrogen-bond donors (Lipinski definition) is 2. The fourth-order valence-electron chi connectivity index (χ4n) is 3.18. The Morgan fingerprint density at radius 3 is 2.17 bits per heavy atom. The van der Waals surface area contributed by atoms with Gasteiger partial charge in [-0.3, -0.25) is 4.79 Å². The molecule has 1 atom stereocenters. The molecule has 1 aliphatic rings. The Hall–Kier alpha value is -1.63. The predicted molar refractivity (Wildman–Crippen MR) is 82.8 cm³/mol. The molecule has 1 unspecified atom stereocenters. The lowest BCUT2D eigenvalue weighted by molar-refractivity contribution is -0.141. The fraction of sp³-hybridized carbons (Fsp3) is 0.588. The van der Waals surface area contributed by atoms with Crippen molar-refractivity contribution in [1.82, 2.24) is 10.6 Å². The molecule has 1 aliphatic carbocycles. The fourth-order valence-corrected chi connectivity index (χ4v) is 3.18. The Labute approximate surface area is 138 Å². The number of nitrogens with one attached hydrogen (secondary N) is 2. The summed E-state index contributed by atoms with van der Waals surface area (Å²) < 4.78 is 51.6. The Balaban J connectivity index is 1.98. The van der Waals surface area contributed by atoms with Crippen molar-refractivity contribution in [2.75, 3.05) is 0 Å². The van der Waals surface area contributed by atoms with Crippen molar-refractivity contribution in [2.45, 2.75) is 63.3 Å². The zero-order valence-electron chi connectivity index (χ0n) is 13.5. The molecule has 1 amide bonds. The summed E-state index contributed by atoms with van der Waals surface area (Å²) in [5, 5.41) is 5.91. The molecule has 1 fully saturated rings. The molecule has 2 N–H and O–H groups in total. The molecule has 1 saturated carbocycles. The first kappa shape index (κ1) is 18.7. The van der Waals surface area contributed by atoms with Crippen LogP contribution in [0.25, 0.3) is 0 Å². The molecular weight excluding hydrogens is 324 g/mol. The molecule has 0 spiro atoms. The van der Waals surface area contributed by atoms with E-state index < -0.39 is 24.5 Å². The van der Waals surface area contributed by atoms with Crippen LogP contribution in [0, 0.1) is 5.82 Å².